The summed E-state index contributed by atoms with van der Waals surface area (Å²) in [6, 6.07) is 0. The molecule has 0 aliphatic carbocycles. The van der Waals surface area contributed by atoms with Crippen LogP contribution in [0.25, 0.3) is 0 Å². The number of hydrogen-bond acceptors (Lipinski definition) is 4. The van der Waals surface area contributed by atoms with Crippen LogP contribution >= 0.6 is 0 Å². The van der Waals surface area contributed by atoms with Crippen LogP contribution in [0, 0.1) is 0 Å². The molecule has 32 heavy (non-hydrogen) atoms. The van der Waals surface area contributed by atoms with Crippen molar-refractivity contribution in [2.75, 3.05) is 6.61 Å². The van der Waals surface area contributed by atoms with E-state index in [2.05, 4.69) is 20.8 Å². The van der Waals surface area contributed by atoms with Gasteiger partial charge >= 0.3 is 11.9 Å². The lowest BCUT2D eigenvalue weighted by Crippen LogP contribution is -2.17. The molecule has 0 heterocycles. The summed E-state index contributed by atoms with van der Waals surface area (Å²) in [5.74, 6) is -0.0801. The summed E-state index contributed by atoms with van der Waals surface area (Å²) in [7, 11) is 0. The molecule has 4 heteroatoms. The molecule has 1 atom stereocenters. The molecule has 0 aromatic rings. The molecular formula is C28H54O4. The first kappa shape index (κ1) is 30.9. The Bertz CT molecular complexity index is 422. The van der Waals surface area contributed by atoms with Gasteiger partial charge in [-0.1, -0.05) is 111 Å². The molecule has 0 aromatic carbocycles. The average Bonchev–Trinajstić information content (AvgIpc) is 2.79. The maximum atomic E-state index is 11.9. The Labute approximate surface area is 199 Å². The molecule has 0 fully saturated rings. The van der Waals surface area contributed by atoms with E-state index in [1.807, 2.05) is 0 Å². The summed E-state index contributed by atoms with van der Waals surface area (Å²) in [4.78, 5) is 23.7. The van der Waals surface area contributed by atoms with Gasteiger partial charge in [0.2, 0.25) is 0 Å². The SMILES string of the molecule is CCCCCCCCCCCOC(=O)CCCCCCCCC(=O)OC(CC)CCCC. The Morgan fingerprint density at radius 3 is 1.56 bits per heavy atom. The predicted octanol–water partition coefficient (Wildman–Crippen LogP) is 8.69. The molecule has 0 aromatic heterocycles. The Balaban J connectivity index is 3.38. The van der Waals surface area contributed by atoms with Crippen LogP contribution in [-0.2, 0) is 19.1 Å². The fraction of sp³-hybridized carbons (Fsp3) is 0.929. The van der Waals surface area contributed by atoms with E-state index in [0.717, 1.165) is 70.6 Å². The highest BCUT2D eigenvalue weighted by molar-refractivity contribution is 5.69. The predicted molar refractivity (Wildman–Crippen MR) is 135 cm³/mol. The van der Waals surface area contributed by atoms with Crippen LogP contribution in [0.1, 0.15) is 156 Å². The van der Waals surface area contributed by atoms with Crippen molar-refractivity contribution < 1.29 is 19.1 Å². The molecule has 0 aliphatic heterocycles. The molecule has 190 valence electrons. The summed E-state index contributed by atoms with van der Waals surface area (Å²) >= 11 is 0. The van der Waals surface area contributed by atoms with E-state index in [-0.39, 0.29) is 18.0 Å². The van der Waals surface area contributed by atoms with Crippen molar-refractivity contribution in [1.82, 2.24) is 0 Å². The topological polar surface area (TPSA) is 52.6 Å². The van der Waals surface area contributed by atoms with Gasteiger partial charge in [0.15, 0.2) is 0 Å². The van der Waals surface area contributed by atoms with Crippen LogP contribution in [0.5, 0.6) is 0 Å². The average molecular weight is 455 g/mol. The summed E-state index contributed by atoms with van der Waals surface area (Å²) in [6.45, 7) is 7.08. The Morgan fingerprint density at radius 2 is 1.03 bits per heavy atom. The van der Waals surface area contributed by atoms with Crippen molar-refractivity contribution >= 4 is 11.9 Å². The van der Waals surface area contributed by atoms with Crippen LogP contribution in [0.4, 0.5) is 0 Å². The monoisotopic (exact) mass is 454 g/mol. The molecule has 0 bridgehead atoms. The fourth-order valence-corrected chi connectivity index (χ4v) is 3.94. The van der Waals surface area contributed by atoms with Gasteiger partial charge in [0.1, 0.15) is 6.10 Å². The second-order valence-electron chi connectivity index (χ2n) is 9.33. The molecule has 0 aliphatic rings. The summed E-state index contributed by atoms with van der Waals surface area (Å²) in [5.41, 5.74) is 0. The number of hydrogen-bond donors (Lipinski definition) is 0. The second kappa shape index (κ2) is 24.6. The minimum absolute atomic E-state index is 0.0392. The van der Waals surface area contributed by atoms with E-state index in [4.69, 9.17) is 9.47 Å². The largest absolute Gasteiger partial charge is 0.466 e. The van der Waals surface area contributed by atoms with E-state index in [1.54, 1.807) is 0 Å². The minimum Gasteiger partial charge on any atom is -0.466 e. The first-order valence-corrected chi connectivity index (χ1v) is 14.0. The molecule has 0 spiro atoms. The molecule has 4 nitrogen and oxygen atoms in total. The third-order valence-corrected chi connectivity index (χ3v) is 6.16. The number of carbonyl (C=O) groups is 2. The first-order chi connectivity index (χ1) is 15.6. The van der Waals surface area contributed by atoms with Gasteiger partial charge in [-0.05, 0) is 32.1 Å². The summed E-state index contributed by atoms with van der Waals surface area (Å²) < 4.78 is 10.9. The second-order valence-corrected chi connectivity index (χ2v) is 9.33. The Hall–Kier alpha value is -1.06. The highest BCUT2D eigenvalue weighted by Gasteiger charge is 2.11. The van der Waals surface area contributed by atoms with Gasteiger partial charge in [0.25, 0.3) is 0 Å². The molecular weight excluding hydrogens is 400 g/mol. The van der Waals surface area contributed by atoms with Gasteiger partial charge < -0.3 is 9.47 Å². The van der Waals surface area contributed by atoms with Gasteiger partial charge in [-0.15, -0.1) is 0 Å². The number of carbonyl (C=O) groups excluding carboxylic acids is 2. The van der Waals surface area contributed by atoms with Gasteiger partial charge in [0, 0.05) is 12.8 Å². The lowest BCUT2D eigenvalue weighted by molar-refractivity contribution is -0.149. The number of esters is 2. The fourth-order valence-electron chi connectivity index (χ4n) is 3.94. The lowest BCUT2D eigenvalue weighted by atomic mass is 10.1. The third-order valence-electron chi connectivity index (χ3n) is 6.16. The molecule has 0 saturated heterocycles. The van der Waals surface area contributed by atoms with Crippen molar-refractivity contribution in [2.45, 2.75) is 162 Å². The van der Waals surface area contributed by atoms with E-state index < -0.39 is 0 Å². The van der Waals surface area contributed by atoms with Crippen LogP contribution in [-0.4, -0.2) is 24.6 Å². The van der Waals surface area contributed by atoms with Crippen LogP contribution in [0.2, 0.25) is 0 Å². The first-order valence-electron chi connectivity index (χ1n) is 14.0. The highest BCUT2D eigenvalue weighted by Crippen LogP contribution is 2.13. The molecule has 0 amide bonds. The molecule has 0 saturated carbocycles. The van der Waals surface area contributed by atoms with E-state index in [9.17, 15) is 9.59 Å². The number of ether oxygens (including phenoxy) is 2. The van der Waals surface area contributed by atoms with Crippen molar-refractivity contribution in [1.29, 1.82) is 0 Å². The zero-order chi connectivity index (χ0) is 23.7. The minimum atomic E-state index is -0.0409. The van der Waals surface area contributed by atoms with Crippen molar-refractivity contribution in [3.8, 4) is 0 Å². The maximum Gasteiger partial charge on any atom is 0.306 e. The maximum absolute atomic E-state index is 11.9. The van der Waals surface area contributed by atoms with Gasteiger partial charge in [-0.25, -0.2) is 0 Å². The number of unbranched alkanes of at least 4 members (excludes halogenated alkanes) is 14. The Kier molecular flexibility index (Phi) is 23.8. The Morgan fingerprint density at radius 1 is 0.562 bits per heavy atom. The van der Waals surface area contributed by atoms with E-state index in [0.29, 0.717) is 19.4 Å². The third kappa shape index (κ3) is 22.1. The van der Waals surface area contributed by atoms with Gasteiger partial charge in [-0.2, -0.15) is 0 Å². The van der Waals surface area contributed by atoms with Crippen LogP contribution in [0.3, 0.4) is 0 Å². The molecule has 0 N–H and O–H groups in total. The standard InChI is InChI=1S/C28H54O4/c1-4-7-9-10-11-12-15-18-21-25-31-27(29)23-19-16-13-14-17-20-24-28(30)32-26(6-3)22-8-5-2/h26H,4-25H2,1-3H3. The smallest absolute Gasteiger partial charge is 0.306 e. The van der Waals surface area contributed by atoms with E-state index in [1.165, 1.54) is 51.4 Å². The van der Waals surface area contributed by atoms with Crippen molar-refractivity contribution in [3.05, 3.63) is 0 Å². The summed E-state index contributed by atoms with van der Waals surface area (Å²) in [5, 5.41) is 0. The van der Waals surface area contributed by atoms with Crippen LogP contribution < -0.4 is 0 Å². The van der Waals surface area contributed by atoms with Gasteiger partial charge in [-0.3, -0.25) is 9.59 Å². The normalized spacial score (nSPS) is 12.0. The van der Waals surface area contributed by atoms with Gasteiger partial charge in [0.05, 0.1) is 6.61 Å². The van der Waals surface area contributed by atoms with E-state index >= 15 is 0 Å². The molecule has 1 unspecified atom stereocenters. The quantitative estimate of drug-likeness (QED) is 0.108. The molecule has 0 rings (SSSR count). The summed E-state index contributed by atoms with van der Waals surface area (Å²) in [6.07, 6.45) is 23.0. The van der Waals surface area contributed by atoms with Crippen molar-refractivity contribution in [2.24, 2.45) is 0 Å². The van der Waals surface area contributed by atoms with Crippen LogP contribution in [0.15, 0.2) is 0 Å². The lowest BCUT2D eigenvalue weighted by Gasteiger charge is -2.15. The van der Waals surface area contributed by atoms with Crippen molar-refractivity contribution in [3.63, 3.8) is 0 Å². The molecule has 0 radical (unpaired) electrons. The zero-order valence-corrected chi connectivity index (χ0v) is 21.8. The number of rotatable bonds is 24. The zero-order valence-electron chi connectivity index (χ0n) is 21.8. The highest BCUT2D eigenvalue weighted by atomic mass is 16.5.